The van der Waals surface area contributed by atoms with Crippen LogP contribution in [0, 0.1) is 0 Å². The minimum atomic E-state index is -3.43. The van der Waals surface area contributed by atoms with E-state index in [0.29, 0.717) is 0 Å². The van der Waals surface area contributed by atoms with Crippen molar-refractivity contribution in [3.63, 3.8) is 0 Å². The van der Waals surface area contributed by atoms with Crippen LogP contribution in [-0.4, -0.2) is 28.3 Å². The predicted molar refractivity (Wildman–Crippen MR) is 37.5 cm³/mol. The van der Waals surface area contributed by atoms with E-state index in [9.17, 15) is 9.36 Å². The van der Waals surface area contributed by atoms with Crippen LogP contribution in [0.5, 0.6) is 0 Å². The molecule has 5 heteroatoms. The Balaban J connectivity index is 4.38. The second-order valence-corrected chi connectivity index (χ2v) is 4.72. The van der Waals surface area contributed by atoms with Gasteiger partial charge in [-0.1, -0.05) is 6.92 Å². The Morgan fingerprint density at radius 3 is 2.10 bits per heavy atom. The highest BCUT2D eigenvalue weighted by Crippen LogP contribution is 2.43. The van der Waals surface area contributed by atoms with Gasteiger partial charge in [0.1, 0.15) is 5.66 Å². The van der Waals surface area contributed by atoms with E-state index in [-0.39, 0.29) is 6.42 Å². The zero-order valence-corrected chi connectivity index (χ0v) is 6.84. The number of hydrogen-bond donors (Lipinski definition) is 2. The molecule has 0 saturated heterocycles. The van der Waals surface area contributed by atoms with E-state index < -0.39 is 19.0 Å². The van der Waals surface area contributed by atoms with Crippen LogP contribution in [0.4, 0.5) is 0 Å². The number of aliphatic carboxylic acids is 1. The molecule has 4 nitrogen and oxygen atoms in total. The van der Waals surface area contributed by atoms with Crippen molar-refractivity contribution in [2.45, 2.75) is 19.0 Å². The molecule has 0 aromatic heterocycles. The number of carboxylic acid groups (broad SMARTS) is 1. The summed E-state index contributed by atoms with van der Waals surface area (Å²) in [5.41, 5.74) is -1.10. The Morgan fingerprint density at radius 1 is 1.70 bits per heavy atom. The van der Waals surface area contributed by atoms with Gasteiger partial charge in [0.15, 0.2) is 0 Å². The molecule has 0 fully saturated rings. The molecule has 2 atom stereocenters. The summed E-state index contributed by atoms with van der Waals surface area (Å²) in [7, 11) is -3.43. The van der Waals surface area contributed by atoms with Gasteiger partial charge in [-0.05, 0) is 6.42 Å². The van der Waals surface area contributed by atoms with Crippen LogP contribution in [0.3, 0.4) is 0 Å². The van der Waals surface area contributed by atoms with Crippen LogP contribution in [0.1, 0.15) is 13.3 Å². The number of carboxylic acids is 1. The lowest BCUT2D eigenvalue weighted by atomic mass is 10.3. The Bertz CT molecular complexity index is 170. The highest BCUT2D eigenvalue weighted by atomic mass is 31.2. The molecule has 0 bridgehead atoms. The van der Waals surface area contributed by atoms with Gasteiger partial charge >= 0.3 is 5.97 Å². The molecule has 0 spiro atoms. The Labute approximate surface area is 59.3 Å². The molecule has 0 aliphatic rings. The predicted octanol–water partition coefficient (Wildman–Crippen LogP) is 0.750. The first-order valence-electron chi connectivity index (χ1n) is 2.92. The number of carbonyl (C=O) groups is 1. The summed E-state index contributed by atoms with van der Waals surface area (Å²) in [6.45, 7) is 2.64. The van der Waals surface area contributed by atoms with Gasteiger partial charge in [-0.25, -0.2) is 0 Å². The molecule has 0 amide bonds. The van der Waals surface area contributed by atoms with Gasteiger partial charge in [-0.15, -0.1) is 0 Å². The van der Waals surface area contributed by atoms with Gasteiger partial charge < -0.3 is 10.00 Å². The van der Waals surface area contributed by atoms with E-state index in [1.807, 2.05) is 0 Å². The molecule has 60 valence electrons. The SMILES string of the molecule is CCC(C(=O)O)P(C)(=O)O. The molecule has 0 saturated carbocycles. The number of rotatable bonds is 3. The van der Waals surface area contributed by atoms with Crippen molar-refractivity contribution in [2.75, 3.05) is 6.66 Å². The fourth-order valence-corrected chi connectivity index (χ4v) is 1.81. The van der Waals surface area contributed by atoms with Gasteiger partial charge in [0, 0.05) is 6.66 Å². The monoisotopic (exact) mass is 166 g/mol. The van der Waals surface area contributed by atoms with Gasteiger partial charge in [-0.2, -0.15) is 0 Å². The van der Waals surface area contributed by atoms with Crippen molar-refractivity contribution in [3.8, 4) is 0 Å². The van der Waals surface area contributed by atoms with E-state index >= 15 is 0 Å². The molecule has 0 heterocycles. The fraction of sp³-hybridized carbons (Fsp3) is 0.800. The van der Waals surface area contributed by atoms with E-state index in [0.717, 1.165) is 6.66 Å². The molecule has 10 heavy (non-hydrogen) atoms. The number of hydrogen-bond acceptors (Lipinski definition) is 2. The third-order valence-electron chi connectivity index (χ3n) is 1.25. The lowest BCUT2D eigenvalue weighted by Gasteiger charge is -2.12. The molecule has 0 aliphatic heterocycles. The molecular formula is C5H11O4P. The van der Waals surface area contributed by atoms with E-state index in [2.05, 4.69) is 0 Å². The van der Waals surface area contributed by atoms with Crippen molar-refractivity contribution in [2.24, 2.45) is 0 Å². The maximum Gasteiger partial charge on any atom is 0.316 e. The van der Waals surface area contributed by atoms with Crippen LogP contribution in [-0.2, 0) is 9.36 Å². The van der Waals surface area contributed by atoms with Crippen molar-refractivity contribution in [3.05, 3.63) is 0 Å². The topological polar surface area (TPSA) is 74.6 Å². The summed E-state index contributed by atoms with van der Waals surface area (Å²) in [6.07, 6.45) is 0.194. The van der Waals surface area contributed by atoms with Crippen molar-refractivity contribution in [1.29, 1.82) is 0 Å². The third kappa shape index (κ3) is 2.50. The van der Waals surface area contributed by atoms with Crippen molar-refractivity contribution in [1.82, 2.24) is 0 Å². The maximum absolute atomic E-state index is 10.8. The second kappa shape index (κ2) is 3.17. The second-order valence-electron chi connectivity index (χ2n) is 2.21. The van der Waals surface area contributed by atoms with Crippen LogP contribution in [0.2, 0.25) is 0 Å². The highest BCUT2D eigenvalue weighted by molar-refractivity contribution is 7.58. The summed E-state index contributed by atoms with van der Waals surface area (Å²) in [6, 6.07) is 0. The zero-order valence-electron chi connectivity index (χ0n) is 5.94. The minimum Gasteiger partial charge on any atom is -0.481 e. The fourth-order valence-electron chi connectivity index (χ4n) is 0.718. The molecule has 0 rings (SSSR count). The van der Waals surface area contributed by atoms with Crippen LogP contribution in [0.15, 0.2) is 0 Å². The average Bonchev–Trinajstić information content (AvgIpc) is 1.60. The Hall–Kier alpha value is -0.340. The van der Waals surface area contributed by atoms with E-state index in [1.165, 1.54) is 0 Å². The van der Waals surface area contributed by atoms with Gasteiger partial charge in [0.25, 0.3) is 0 Å². The molecule has 2 N–H and O–H groups in total. The third-order valence-corrected chi connectivity index (χ3v) is 2.99. The molecular weight excluding hydrogens is 155 g/mol. The quantitative estimate of drug-likeness (QED) is 0.606. The lowest BCUT2D eigenvalue weighted by Crippen LogP contribution is -2.18. The average molecular weight is 166 g/mol. The summed E-state index contributed by atoms with van der Waals surface area (Å²) in [5, 5.41) is 8.38. The molecule has 0 aromatic rings. The molecule has 0 radical (unpaired) electrons. The first kappa shape index (κ1) is 9.66. The van der Waals surface area contributed by atoms with E-state index in [4.69, 9.17) is 10.00 Å². The Morgan fingerprint density at radius 2 is 2.10 bits per heavy atom. The summed E-state index contributed by atoms with van der Waals surface area (Å²) in [5.74, 6) is -1.20. The normalized spacial score (nSPS) is 19.5. The zero-order chi connectivity index (χ0) is 8.36. The van der Waals surface area contributed by atoms with E-state index in [1.54, 1.807) is 6.92 Å². The van der Waals surface area contributed by atoms with Gasteiger partial charge in [0.2, 0.25) is 7.37 Å². The van der Waals surface area contributed by atoms with Crippen molar-refractivity contribution < 1.29 is 19.4 Å². The van der Waals surface area contributed by atoms with Crippen LogP contribution in [0.25, 0.3) is 0 Å². The maximum atomic E-state index is 10.8. The van der Waals surface area contributed by atoms with Crippen molar-refractivity contribution >= 4 is 13.3 Å². The smallest absolute Gasteiger partial charge is 0.316 e. The molecule has 2 unspecified atom stereocenters. The largest absolute Gasteiger partial charge is 0.481 e. The first-order valence-corrected chi connectivity index (χ1v) is 5.10. The summed E-state index contributed by atoms with van der Waals surface area (Å²) in [4.78, 5) is 19.1. The summed E-state index contributed by atoms with van der Waals surface area (Å²) >= 11 is 0. The highest BCUT2D eigenvalue weighted by Gasteiger charge is 2.30. The molecule has 0 aliphatic carbocycles. The van der Waals surface area contributed by atoms with Gasteiger partial charge in [-0.3, -0.25) is 9.36 Å². The first-order chi connectivity index (χ1) is 4.39. The minimum absolute atomic E-state index is 0.194. The van der Waals surface area contributed by atoms with Crippen LogP contribution < -0.4 is 0 Å². The molecule has 0 aromatic carbocycles. The summed E-state index contributed by atoms with van der Waals surface area (Å²) < 4.78 is 10.8. The van der Waals surface area contributed by atoms with Crippen LogP contribution >= 0.6 is 7.37 Å². The Kier molecular flexibility index (Phi) is 3.06. The van der Waals surface area contributed by atoms with Gasteiger partial charge in [0.05, 0.1) is 0 Å². The lowest BCUT2D eigenvalue weighted by molar-refractivity contribution is -0.136. The standard InChI is InChI=1S/C5H11O4P/c1-3-4(5(6)7)10(2,8)9/h4H,3H2,1-2H3,(H,6,7)(H,8,9).